The Morgan fingerprint density at radius 1 is 1.20 bits per heavy atom. The van der Waals surface area contributed by atoms with Crippen LogP contribution in [0.4, 0.5) is 0 Å². The highest BCUT2D eigenvalue weighted by atomic mass is 35.5. The van der Waals surface area contributed by atoms with Crippen molar-refractivity contribution in [1.29, 1.82) is 0 Å². The largest absolute Gasteiger partial charge is 0.496 e. The molecule has 0 fully saturated rings. The number of carbonyl (C=O) groups excluding carboxylic acids is 1. The number of amides is 1. The Hall–Kier alpha value is -2.57. The third-order valence-corrected chi connectivity index (χ3v) is 3.44. The average molecular weight is 363 g/mol. The second kappa shape index (κ2) is 9.66. The molecule has 7 heteroatoms. The maximum atomic E-state index is 11.7. The van der Waals surface area contributed by atoms with Crippen molar-refractivity contribution in [2.75, 3.05) is 20.8 Å². The van der Waals surface area contributed by atoms with E-state index in [1.54, 1.807) is 44.7 Å². The number of hydrogen-bond acceptors (Lipinski definition) is 5. The van der Waals surface area contributed by atoms with Crippen LogP contribution in [0.3, 0.4) is 0 Å². The molecule has 6 nitrogen and oxygen atoms in total. The van der Waals surface area contributed by atoms with Gasteiger partial charge in [0.2, 0.25) is 0 Å². The van der Waals surface area contributed by atoms with E-state index in [2.05, 4.69) is 10.5 Å². The van der Waals surface area contributed by atoms with E-state index < -0.39 is 0 Å². The zero-order chi connectivity index (χ0) is 18.1. The summed E-state index contributed by atoms with van der Waals surface area (Å²) < 4.78 is 15.7. The first-order valence-electron chi connectivity index (χ1n) is 7.48. The molecule has 0 bridgehead atoms. The van der Waals surface area contributed by atoms with Crippen molar-refractivity contribution >= 4 is 23.7 Å². The van der Waals surface area contributed by atoms with Gasteiger partial charge in [-0.05, 0) is 48.0 Å². The molecule has 1 amide bonds. The highest BCUT2D eigenvalue weighted by molar-refractivity contribution is 6.30. The van der Waals surface area contributed by atoms with Gasteiger partial charge in [-0.25, -0.2) is 5.43 Å². The van der Waals surface area contributed by atoms with Gasteiger partial charge in [-0.3, -0.25) is 4.79 Å². The maximum absolute atomic E-state index is 11.7. The molecule has 0 unspecified atom stereocenters. The van der Waals surface area contributed by atoms with Crippen molar-refractivity contribution in [1.82, 2.24) is 5.43 Å². The Bertz CT molecular complexity index is 732. The molecule has 0 atom stereocenters. The van der Waals surface area contributed by atoms with Crippen LogP contribution in [0.25, 0.3) is 0 Å². The fourth-order valence-electron chi connectivity index (χ4n) is 2.04. The first-order chi connectivity index (χ1) is 12.1. The average Bonchev–Trinajstić information content (AvgIpc) is 2.62. The lowest BCUT2D eigenvalue weighted by Crippen LogP contribution is -2.24. The molecular formula is C18H19ClN2O4. The number of hydrogen-bond donors (Lipinski definition) is 1. The second-order valence-corrected chi connectivity index (χ2v) is 5.48. The molecule has 132 valence electrons. The summed E-state index contributed by atoms with van der Waals surface area (Å²) in [6.07, 6.45) is 1.54. The van der Waals surface area contributed by atoms with Crippen molar-refractivity contribution in [3.63, 3.8) is 0 Å². The molecule has 0 heterocycles. The van der Waals surface area contributed by atoms with Gasteiger partial charge in [0.25, 0.3) is 5.91 Å². The van der Waals surface area contributed by atoms with Crippen molar-refractivity contribution in [3.05, 3.63) is 58.6 Å². The summed E-state index contributed by atoms with van der Waals surface area (Å²) in [5.74, 6) is 0.930. The minimum atomic E-state index is -0.364. The van der Waals surface area contributed by atoms with E-state index in [1.807, 2.05) is 18.2 Å². The summed E-state index contributed by atoms with van der Waals surface area (Å²) >= 11 is 5.78. The van der Waals surface area contributed by atoms with Crippen LogP contribution >= 0.6 is 11.6 Å². The summed E-state index contributed by atoms with van der Waals surface area (Å²) in [5.41, 5.74) is 4.12. The van der Waals surface area contributed by atoms with Crippen LogP contribution in [0.5, 0.6) is 11.5 Å². The lowest BCUT2D eigenvalue weighted by atomic mass is 10.1. The predicted octanol–water partition coefficient (Wildman–Crippen LogP) is 3.02. The van der Waals surface area contributed by atoms with Crippen LogP contribution < -0.4 is 14.9 Å². The summed E-state index contributed by atoms with van der Waals surface area (Å²) in [4.78, 5) is 11.7. The zero-order valence-electron chi connectivity index (χ0n) is 14.0. The smallest absolute Gasteiger partial charge is 0.277 e. The van der Waals surface area contributed by atoms with Crippen molar-refractivity contribution < 1.29 is 19.0 Å². The van der Waals surface area contributed by atoms with Gasteiger partial charge in [-0.15, -0.1) is 0 Å². The van der Waals surface area contributed by atoms with Crippen LogP contribution in [-0.4, -0.2) is 32.9 Å². The molecule has 0 aliphatic carbocycles. The molecule has 1 N–H and O–H groups in total. The number of nitrogens with one attached hydrogen (secondary N) is 1. The Morgan fingerprint density at radius 2 is 1.96 bits per heavy atom. The van der Waals surface area contributed by atoms with Crippen molar-refractivity contribution in [2.45, 2.75) is 6.61 Å². The third-order valence-electron chi connectivity index (χ3n) is 3.19. The third kappa shape index (κ3) is 6.10. The van der Waals surface area contributed by atoms with Gasteiger partial charge in [0.1, 0.15) is 11.5 Å². The van der Waals surface area contributed by atoms with Gasteiger partial charge >= 0.3 is 0 Å². The lowest BCUT2D eigenvalue weighted by Gasteiger charge is -2.08. The number of halogens is 1. The van der Waals surface area contributed by atoms with Crippen molar-refractivity contribution in [3.8, 4) is 11.5 Å². The molecule has 0 saturated carbocycles. The Balaban J connectivity index is 1.86. The van der Waals surface area contributed by atoms with E-state index in [0.29, 0.717) is 17.4 Å². The molecule has 2 rings (SSSR count). The summed E-state index contributed by atoms with van der Waals surface area (Å²) in [6.45, 7) is 0.280. The standard InChI is InChI=1S/C18H19ClN2O4/c1-23-11-14-9-13(3-8-17(14)24-2)10-20-21-18(22)12-25-16-6-4-15(19)5-7-16/h3-10H,11-12H2,1-2H3,(H,21,22)/b20-10-. The Kier molecular flexibility index (Phi) is 7.25. The summed E-state index contributed by atoms with van der Waals surface area (Å²) in [5, 5.41) is 4.52. The Labute approximate surface area is 151 Å². The fourth-order valence-corrected chi connectivity index (χ4v) is 2.16. The molecule has 0 aromatic heterocycles. The quantitative estimate of drug-likeness (QED) is 0.579. The molecule has 2 aromatic rings. The van der Waals surface area contributed by atoms with E-state index in [0.717, 1.165) is 16.9 Å². The molecule has 0 spiro atoms. The number of hydrazone groups is 1. The number of methoxy groups -OCH3 is 2. The van der Waals surface area contributed by atoms with Gasteiger partial charge in [0.05, 0.1) is 19.9 Å². The van der Waals surface area contributed by atoms with Gasteiger partial charge in [0, 0.05) is 17.7 Å². The Morgan fingerprint density at radius 3 is 2.64 bits per heavy atom. The number of carbonyl (C=O) groups is 1. The minimum Gasteiger partial charge on any atom is -0.496 e. The van der Waals surface area contributed by atoms with Crippen LogP contribution in [0.1, 0.15) is 11.1 Å². The van der Waals surface area contributed by atoms with E-state index in [4.69, 9.17) is 25.8 Å². The first-order valence-corrected chi connectivity index (χ1v) is 7.86. The van der Waals surface area contributed by atoms with Gasteiger partial charge in [0.15, 0.2) is 6.61 Å². The molecule has 25 heavy (non-hydrogen) atoms. The number of nitrogens with zero attached hydrogens (tertiary/aromatic N) is 1. The fraction of sp³-hybridized carbons (Fsp3) is 0.222. The molecule has 0 aliphatic rings. The first kappa shape index (κ1) is 18.8. The molecular weight excluding hydrogens is 344 g/mol. The lowest BCUT2D eigenvalue weighted by molar-refractivity contribution is -0.123. The topological polar surface area (TPSA) is 69.2 Å². The SMILES string of the molecule is COCc1cc(/C=N\NC(=O)COc2ccc(Cl)cc2)ccc1OC. The van der Waals surface area contributed by atoms with Crippen LogP contribution in [0, 0.1) is 0 Å². The molecule has 0 radical (unpaired) electrons. The normalized spacial score (nSPS) is 10.7. The minimum absolute atomic E-state index is 0.142. The van der Waals surface area contributed by atoms with Gasteiger partial charge in [-0.2, -0.15) is 5.10 Å². The van der Waals surface area contributed by atoms with Crippen LogP contribution in [0.15, 0.2) is 47.6 Å². The number of rotatable bonds is 8. The summed E-state index contributed by atoms with van der Waals surface area (Å²) in [6, 6.07) is 12.3. The van der Waals surface area contributed by atoms with E-state index in [1.165, 1.54) is 0 Å². The maximum Gasteiger partial charge on any atom is 0.277 e. The van der Waals surface area contributed by atoms with Crippen molar-refractivity contribution in [2.24, 2.45) is 5.10 Å². The molecule has 0 aliphatic heterocycles. The number of benzene rings is 2. The van der Waals surface area contributed by atoms with E-state index in [-0.39, 0.29) is 12.5 Å². The predicted molar refractivity (Wildman–Crippen MR) is 96.4 cm³/mol. The van der Waals surface area contributed by atoms with Crippen LogP contribution in [-0.2, 0) is 16.1 Å². The van der Waals surface area contributed by atoms with E-state index >= 15 is 0 Å². The molecule has 0 saturated heterocycles. The van der Waals surface area contributed by atoms with Gasteiger partial charge in [-0.1, -0.05) is 11.6 Å². The summed E-state index contributed by atoms with van der Waals surface area (Å²) in [7, 11) is 3.21. The monoisotopic (exact) mass is 362 g/mol. The second-order valence-electron chi connectivity index (χ2n) is 5.04. The molecule has 2 aromatic carbocycles. The zero-order valence-corrected chi connectivity index (χ0v) is 14.7. The highest BCUT2D eigenvalue weighted by Gasteiger charge is 2.04. The number of ether oxygens (including phenoxy) is 3. The van der Waals surface area contributed by atoms with Gasteiger partial charge < -0.3 is 14.2 Å². The van der Waals surface area contributed by atoms with E-state index in [9.17, 15) is 4.79 Å². The highest BCUT2D eigenvalue weighted by Crippen LogP contribution is 2.20. The van der Waals surface area contributed by atoms with Crippen LogP contribution in [0.2, 0.25) is 5.02 Å².